The molecule has 1 aromatic rings. The molecule has 1 aromatic carbocycles. The quantitative estimate of drug-likeness (QED) is 0.604. The van der Waals surface area contributed by atoms with Crippen LogP contribution in [0.5, 0.6) is 0 Å². The van der Waals surface area contributed by atoms with Crippen LogP contribution in [0.1, 0.15) is 69.7 Å². The molecule has 0 unspecified atom stereocenters. The fourth-order valence-electron chi connectivity index (χ4n) is 3.31. The minimum Gasteiger partial charge on any atom is -0.0926 e. The minimum absolute atomic E-state index is 0.324. The maximum absolute atomic E-state index is 6.09. The third-order valence-electron chi connectivity index (χ3n) is 4.31. The Morgan fingerprint density at radius 2 is 1.90 bits per heavy atom. The van der Waals surface area contributed by atoms with Crippen LogP contribution in [0.25, 0.3) is 5.57 Å². The summed E-state index contributed by atoms with van der Waals surface area (Å²) in [7, 11) is 0. The number of aryl methyl sites for hydroxylation is 1. The smallest absolute Gasteiger partial charge is 0.00808 e. The topological polar surface area (TPSA) is 0 Å². The summed E-state index contributed by atoms with van der Waals surface area (Å²) in [4.78, 5) is 0. The Hall–Kier alpha value is -0.750. The van der Waals surface area contributed by atoms with Gasteiger partial charge >= 0.3 is 0 Å². The molecule has 0 N–H and O–H groups in total. The first-order valence-corrected chi connectivity index (χ1v) is 8.68. The van der Waals surface area contributed by atoms with Gasteiger partial charge in [0.2, 0.25) is 0 Å². The second-order valence-corrected chi connectivity index (χ2v) is 8.26. The molecule has 0 saturated carbocycles. The molecular weight excluding hydrogens is 276 g/mol. The predicted octanol–water partition coefficient (Wildman–Crippen LogP) is 6.39. The van der Waals surface area contributed by atoms with Gasteiger partial charge in [0.1, 0.15) is 0 Å². The first-order valence-electron chi connectivity index (χ1n) is 8.25. The van der Waals surface area contributed by atoms with Gasteiger partial charge in [-0.25, -0.2) is 0 Å². The van der Waals surface area contributed by atoms with Gasteiger partial charge in [0.15, 0.2) is 0 Å². The highest BCUT2D eigenvalue weighted by Crippen LogP contribution is 2.39. The van der Waals surface area contributed by atoms with Gasteiger partial charge in [-0.1, -0.05) is 58.4 Å². The third kappa shape index (κ3) is 4.13. The molecule has 0 nitrogen and oxygen atoms in total. The molecule has 0 radical (unpaired) electrons. The van der Waals surface area contributed by atoms with E-state index in [0.717, 1.165) is 25.2 Å². The Morgan fingerprint density at radius 1 is 1.19 bits per heavy atom. The first-order chi connectivity index (χ1) is 9.81. The van der Waals surface area contributed by atoms with Crippen molar-refractivity contribution in [1.82, 2.24) is 0 Å². The lowest BCUT2D eigenvalue weighted by Gasteiger charge is -2.23. The predicted molar refractivity (Wildman–Crippen MR) is 94.9 cm³/mol. The fraction of sp³-hybridized carbons (Fsp3) is 0.600. The van der Waals surface area contributed by atoms with E-state index in [4.69, 9.17) is 11.6 Å². The molecule has 0 fully saturated rings. The minimum atomic E-state index is 0.324. The second-order valence-electron chi connectivity index (χ2n) is 8.04. The Kier molecular flexibility index (Phi) is 5.20. The molecule has 1 aliphatic carbocycles. The third-order valence-corrected chi connectivity index (χ3v) is 4.57. The summed E-state index contributed by atoms with van der Waals surface area (Å²) < 4.78 is 0. The van der Waals surface area contributed by atoms with E-state index < -0.39 is 0 Å². The van der Waals surface area contributed by atoms with E-state index in [1.54, 1.807) is 5.56 Å². The number of rotatable bonds is 4. The Balaban J connectivity index is 2.46. The normalized spacial score (nSPS) is 16.8. The zero-order valence-corrected chi connectivity index (χ0v) is 15.0. The maximum atomic E-state index is 6.09. The van der Waals surface area contributed by atoms with Crippen LogP contribution in [0.4, 0.5) is 0 Å². The highest BCUT2D eigenvalue weighted by Gasteiger charge is 2.23. The molecule has 21 heavy (non-hydrogen) atoms. The van der Waals surface area contributed by atoms with E-state index in [2.05, 4.69) is 46.8 Å². The van der Waals surface area contributed by atoms with Gasteiger partial charge in [-0.2, -0.15) is 0 Å². The SMILES string of the molecule is CC(C)CCc1c(CC(C)(C)C)ccc2c1C(=CCl)CC2. The average Bonchev–Trinajstić information content (AvgIpc) is 2.78. The molecule has 1 aliphatic rings. The van der Waals surface area contributed by atoms with Crippen molar-refractivity contribution >= 4 is 17.2 Å². The van der Waals surface area contributed by atoms with Crippen LogP contribution in [0.15, 0.2) is 17.7 Å². The lowest BCUT2D eigenvalue weighted by Crippen LogP contribution is -2.12. The van der Waals surface area contributed by atoms with Crippen molar-refractivity contribution in [3.05, 3.63) is 39.9 Å². The number of hydrogen-bond acceptors (Lipinski definition) is 0. The fourth-order valence-corrected chi connectivity index (χ4v) is 3.53. The Labute approximate surface area is 135 Å². The molecule has 0 saturated heterocycles. The van der Waals surface area contributed by atoms with E-state index in [0.29, 0.717) is 5.41 Å². The lowest BCUT2D eigenvalue weighted by atomic mass is 9.82. The summed E-state index contributed by atoms with van der Waals surface area (Å²) in [6.07, 6.45) is 5.83. The summed E-state index contributed by atoms with van der Waals surface area (Å²) in [5.74, 6) is 0.744. The van der Waals surface area contributed by atoms with Gasteiger partial charge in [-0.05, 0) is 71.3 Å². The highest BCUT2D eigenvalue weighted by atomic mass is 35.5. The molecule has 0 heterocycles. The summed E-state index contributed by atoms with van der Waals surface area (Å²) in [5.41, 5.74) is 9.56. The monoisotopic (exact) mass is 304 g/mol. The zero-order chi connectivity index (χ0) is 15.6. The number of hydrogen-bond donors (Lipinski definition) is 0. The highest BCUT2D eigenvalue weighted by molar-refractivity contribution is 6.28. The van der Waals surface area contributed by atoms with Gasteiger partial charge in [0, 0.05) is 5.54 Å². The number of halogens is 1. The second kappa shape index (κ2) is 6.57. The van der Waals surface area contributed by atoms with Crippen LogP contribution < -0.4 is 0 Å². The summed E-state index contributed by atoms with van der Waals surface area (Å²) in [6, 6.07) is 4.71. The molecule has 2 rings (SSSR count). The van der Waals surface area contributed by atoms with Crippen LogP contribution in [-0.4, -0.2) is 0 Å². The lowest BCUT2D eigenvalue weighted by molar-refractivity contribution is 0.409. The molecule has 0 aliphatic heterocycles. The molecule has 0 atom stereocenters. The van der Waals surface area contributed by atoms with Crippen molar-refractivity contribution in [1.29, 1.82) is 0 Å². The molecular formula is C20H29Cl. The molecule has 0 amide bonds. The molecule has 0 spiro atoms. The summed E-state index contributed by atoms with van der Waals surface area (Å²) >= 11 is 6.09. The van der Waals surface area contributed by atoms with Crippen LogP contribution in [0.3, 0.4) is 0 Å². The molecule has 0 bridgehead atoms. The van der Waals surface area contributed by atoms with Crippen molar-refractivity contribution in [2.45, 2.75) is 66.7 Å². The van der Waals surface area contributed by atoms with Crippen molar-refractivity contribution in [3.8, 4) is 0 Å². The van der Waals surface area contributed by atoms with Crippen LogP contribution in [0.2, 0.25) is 0 Å². The maximum Gasteiger partial charge on any atom is 0.00808 e. The number of allylic oxidation sites excluding steroid dienone is 1. The zero-order valence-electron chi connectivity index (χ0n) is 14.2. The summed E-state index contributed by atoms with van der Waals surface area (Å²) in [5, 5.41) is 0. The van der Waals surface area contributed by atoms with Crippen LogP contribution in [0, 0.1) is 11.3 Å². The van der Waals surface area contributed by atoms with Crippen molar-refractivity contribution in [2.24, 2.45) is 11.3 Å². The van der Waals surface area contributed by atoms with Crippen molar-refractivity contribution in [2.75, 3.05) is 0 Å². The Morgan fingerprint density at radius 3 is 2.48 bits per heavy atom. The van der Waals surface area contributed by atoms with E-state index in [1.165, 1.54) is 35.1 Å². The van der Waals surface area contributed by atoms with Crippen LogP contribution >= 0.6 is 11.6 Å². The Bertz CT molecular complexity index is 530. The van der Waals surface area contributed by atoms with Gasteiger partial charge in [0.25, 0.3) is 0 Å². The van der Waals surface area contributed by atoms with Gasteiger partial charge in [-0.3, -0.25) is 0 Å². The van der Waals surface area contributed by atoms with Gasteiger partial charge in [0.05, 0.1) is 0 Å². The molecule has 116 valence electrons. The number of benzene rings is 1. The van der Waals surface area contributed by atoms with Crippen LogP contribution in [-0.2, 0) is 19.3 Å². The van der Waals surface area contributed by atoms with Gasteiger partial charge in [-0.15, -0.1) is 0 Å². The molecule has 1 heteroatoms. The van der Waals surface area contributed by atoms with E-state index in [1.807, 2.05) is 5.54 Å². The average molecular weight is 305 g/mol. The first kappa shape index (κ1) is 16.6. The van der Waals surface area contributed by atoms with Crippen molar-refractivity contribution < 1.29 is 0 Å². The van der Waals surface area contributed by atoms with E-state index >= 15 is 0 Å². The largest absolute Gasteiger partial charge is 0.0926 e. The number of fused-ring (bicyclic) bond motifs is 1. The summed E-state index contributed by atoms with van der Waals surface area (Å²) in [6.45, 7) is 11.6. The van der Waals surface area contributed by atoms with Gasteiger partial charge < -0.3 is 0 Å². The molecule has 0 aromatic heterocycles. The van der Waals surface area contributed by atoms with E-state index in [-0.39, 0.29) is 0 Å². The van der Waals surface area contributed by atoms with Crippen molar-refractivity contribution in [3.63, 3.8) is 0 Å². The van der Waals surface area contributed by atoms with E-state index in [9.17, 15) is 0 Å². The standard InChI is InChI=1S/C20H29Cl/c1-14(2)6-11-18-16(12-20(3,4)5)9-7-15-8-10-17(13-21)19(15)18/h7,9,13-14H,6,8,10-12H2,1-5H3.